The van der Waals surface area contributed by atoms with Crippen LogP contribution in [0.25, 0.3) is 26.6 Å². The molecule has 0 aromatic heterocycles. The fourth-order valence-electron chi connectivity index (χ4n) is 0. The van der Waals surface area contributed by atoms with Gasteiger partial charge in [0.25, 0.3) is 0 Å². The molecule has 0 rings (SSSR count). The van der Waals surface area contributed by atoms with Gasteiger partial charge in [-0.05, 0) is 0 Å². The predicted octanol–water partition coefficient (Wildman–Crippen LogP) is 3.10. The fourth-order valence-corrected chi connectivity index (χ4v) is 0. The average molecular weight is 401 g/mol. The molecule has 0 unspecified atom stereocenters. The van der Waals surface area contributed by atoms with Crippen molar-refractivity contribution >= 4 is 0 Å². The van der Waals surface area contributed by atoms with Gasteiger partial charge in [0.1, 0.15) is 0 Å². The molecular formula is C10H30N5Ta-5. The Kier molecular flexibility index (Phi) is 241. The Morgan fingerprint density at radius 3 is 0.312 bits per heavy atom. The summed E-state index contributed by atoms with van der Waals surface area (Å²) >= 11 is 0. The van der Waals surface area contributed by atoms with Crippen molar-refractivity contribution in [3.8, 4) is 0 Å². The first kappa shape index (κ1) is 36.0. The molecule has 105 valence electrons. The topological polar surface area (TPSA) is 70.5 Å². The second-order valence-electron chi connectivity index (χ2n) is 2.24. The van der Waals surface area contributed by atoms with Gasteiger partial charge in [-0.2, -0.15) is 70.5 Å². The van der Waals surface area contributed by atoms with Crippen LogP contribution in [0.15, 0.2) is 0 Å². The number of nitrogens with zero attached hydrogens (tertiary/aromatic N) is 5. The summed E-state index contributed by atoms with van der Waals surface area (Å²) in [5, 5.41) is 17.5. The molecular weight excluding hydrogens is 371 g/mol. The molecule has 0 saturated heterocycles. The molecule has 16 heavy (non-hydrogen) atoms. The Balaban J connectivity index is -0.0000000192. The van der Waals surface area contributed by atoms with E-state index < -0.39 is 0 Å². The minimum Gasteiger partial charge on any atom is -0.668 e. The molecule has 0 aromatic carbocycles. The van der Waals surface area contributed by atoms with Gasteiger partial charge in [0.15, 0.2) is 0 Å². The second-order valence-corrected chi connectivity index (χ2v) is 2.24. The maximum Gasteiger partial charge on any atom is 0 e. The van der Waals surface area contributed by atoms with Gasteiger partial charge in [-0.3, -0.25) is 0 Å². The summed E-state index contributed by atoms with van der Waals surface area (Å²) in [7, 11) is 17.5. The van der Waals surface area contributed by atoms with Crippen LogP contribution in [0.3, 0.4) is 0 Å². The third kappa shape index (κ3) is 9130. The van der Waals surface area contributed by atoms with Gasteiger partial charge >= 0.3 is 0 Å². The zero-order valence-corrected chi connectivity index (χ0v) is 15.9. The van der Waals surface area contributed by atoms with Crippen LogP contribution in [0.2, 0.25) is 0 Å². The zero-order valence-electron chi connectivity index (χ0n) is 12.7. The van der Waals surface area contributed by atoms with Crippen molar-refractivity contribution < 1.29 is 22.4 Å². The first-order valence-corrected chi connectivity index (χ1v) is 4.47. The third-order valence-electron chi connectivity index (χ3n) is 0. The van der Waals surface area contributed by atoms with E-state index in [1.165, 1.54) is 0 Å². The minimum absolute atomic E-state index is 0. The van der Waals surface area contributed by atoms with Gasteiger partial charge in [-0.25, -0.2) is 0 Å². The summed E-state index contributed by atoms with van der Waals surface area (Å²) in [5.74, 6) is 0. The van der Waals surface area contributed by atoms with Crippen molar-refractivity contribution in [2.45, 2.75) is 0 Å². The fraction of sp³-hybridized carbons (Fsp3) is 1.00. The summed E-state index contributed by atoms with van der Waals surface area (Å²) < 4.78 is 0. The van der Waals surface area contributed by atoms with Crippen molar-refractivity contribution in [2.24, 2.45) is 0 Å². The zero-order chi connectivity index (χ0) is 13.5. The van der Waals surface area contributed by atoms with Crippen LogP contribution >= 0.6 is 0 Å². The van der Waals surface area contributed by atoms with Crippen molar-refractivity contribution in [1.82, 2.24) is 0 Å². The van der Waals surface area contributed by atoms with Gasteiger partial charge in [0.2, 0.25) is 0 Å². The van der Waals surface area contributed by atoms with E-state index in [2.05, 4.69) is 26.6 Å². The van der Waals surface area contributed by atoms with Crippen LogP contribution in [-0.2, 0) is 22.4 Å². The van der Waals surface area contributed by atoms with E-state index in [0.717, 1.165) is 0 Å². The van der Waals surface area contributed by atoms with Crippen LogP contribution in [0.5, 0.6) is 0 Å². The Morgan fingerprint density at radius 1 is 0.312 bits per heavy atom. The number of hydrogen-bond acceptors (Lipinski definition) is 0. The summed E-state index contributed by atoms with van der Waals surface area (Å²) in [6.45, 7) is 0. The van der Waals surface area contributed by atoms with E-state index >= 15 is 0 Å². The molecule has 0 atom stereocenters. The monoisotopic (exact) mass is 401 g/mol. The first-order chi connectivity index (χ1) is 7.07. The first-order valence-electron chi connectivity index (χ1n) is 4.47. The van der Waals surface area contributed by atoms with Crippen LogP contribution in [0, 0.1) is 0 Å². The minimum atomic E-state index is 0. The van der Waals surface area contributed by atoms with Crippen LogP contribution in [0.4, 0.5) is 0 Å². The molecule has 0 spiro atoms. The summed E-state index contributed by atoms with van der Waals surface area (Å²) in [6.07, 6.45) is 0. The van der Waals surface area contributed by atoms with Crippen molar-refractivity contribution in [3.63, 3.8) is 0 Å². The van der Waals surface area contributed by atoms with Crippen molar-refractivity contribution in [1.29, 1.82) is 0 Å². The van der Waals surface area contributed by atoms with Crippen LogP contribution < -0.4 is 0 Å². The molecule has 0 fully saturated rings. The molecule has 0 amide bonds. The molecule has 0 aliphatic rings. The maximum atomic E-state index is 3.50. The summed E-state index contributed by atoms with van der Waals surface area (Å²) in [6, 6.07) is 0. The average Bonchev–Trinajstić information content (AvgIpc) is 2.09. The number of hydrogen-bond donors (Lipinski definition) is 0. The third-order valence-corrected chi connectivity index (χ3v) is 0. The second kappa shape index (κ2) is 107. The Bertz CT molecular complexity index is 30.8. The van der Waals surface area contributed by atoms with E-state index in [-0.39, 0.29) is 22.4 Å². The quantitative estimate of drug-likeness (QED) is 0.599. The van der Waals surface area contributed by atoms with Crippen LogP contribution in [0.1, 0.15) is 0 Å². The molecule has 0 heterocycles. The largest absolute Gasteiger partial charge is 0.668 e. The number of rotatable bonds is 0. The van der Waals surface area contributed by atoms with Gasteiger partial charge in [0.05, 0.1) is 0 Å². The van der Waals surface area contributed by atoms with Gasteiger partial charge in [-0.1, -0.05) is 0 Å². The molecule has 0 aromatic rings. The Morgan fingerprint density at radius 2 is 0.312 bits per heavy atom. The molecule has 0 N–H and O–H groups in total. The van der Waals surface area contributed by atoms with E-state index in [9.17, 15) is 0 Å². The Hall–Kier alpha value is 0.540. The molecule has 0 bridgehead atoms. The van der Waals surface area contributed by atoms with E-state index in [0.29, 0.717) is 0 Å². The van der Waals surface area contributed by atoms with Crippen molar-refractivity contribution in [3.05, 3.63) is 26.6 Å². The molecule has 0 aliphatic heterocycles. The molecule has 5 nitrogen and oxygen atoms in total. The van der Waals surface area contributed by atoms with Gasteiger partial charge < -0.3 is 26.6 Å². The molecule has 0 aliphatic carbocycles. The van der Waals surface area contributed by atoms with Gasteiger partial charge in [-0.15, -0.1) is 0 Å². The van der Waals surface area contributed by atoms with Crippen molar-refractivity contribution in [2.75, 3.05) is 70.5 Å². The van der Waals surface area contributed by atoms with E-state index in [1.807, 2.05) is 0 Å². The molecule has 6 heteroatoms. The Labute approximate surface area is 119 Å². The standard InChI is InChI=1S/5C2H6N.Ta/c5*1-3-2;/h5*1-2H3;/q5*-1;. The summed E-state index contributed by atoms with van der Waals surface area (Å²) in [5.41, 5.74) is 0. The van der Waals surface area contributed by atoms with E-state index in [1.54, 1.807) is 70.5 Å². The molecule has 0 saturated carbocycles. The maximum absolute atomic E-state index is 3.50. The molecule has 1 radical (unpaired) electrons. The predicted molar refractivity (Wildman–Crippen MR) is 76.0 cm³/mol. The van der Waals surface area contributed by atoms with Crippen LogP contribution in [-0.4, -0.2) is 70.5 Å². The van der Waals surface area contributed by atoms with Gasteiger partial charge in [0, 0.05) is 22.4 Å². The smallest absolute Gasteiger partial charge is 0 e. The van der Waals surface area contributed by atoms with E-state index in [4.69, 9.17) is 0 Å². The SMILES string of the molecule is C[N-]C.C[N-]C.C[N-]C.C[N-]C.C[N-]C.[Ta]. The normalized spacial score (nSPS) is 5.62. The summed E-state index contributed by atoms with van der Waals surface area (Å²) in [4.78, 5) is 0.